The van der Waals surface area contributed by atoms with Crippen molar-refractivity contribution in [3.63, 3.8) is 0 Å². The molecule has 0 spiro atoms. The first-order chi connectivity index (χ1) is 8.70. The molecule has 2 nitrogen and oxygen atoms in total. The molecule has 1 aliphatic rings. The number of halogens is 2. The van der Waals surface area contributed by atoms with Crippen LogP contribution in [0.4, 0.5) is 5.69 Å². The van der Waals surface area contributed by atoms with Gasteiger partial charge >= 0.3 is 0 Å². The molecule has 0 saturated heterocycles. The van der Waals surface area contributed by atoms with E-state index in [1.807, 2.05) is 13.1 Å². The van der Waals surface area contributed by atoms with Crippen LogP contribution in [-0.4, -0.2) is 12.0 Å². The molecule has 2 aromatic rings. The second-order valence-electron chi connectivity index (χ2n) is 4.65. The number of nitrogens with zero attached hydrogens (tertiary/aromatic N) is 1. The highest BCUT2D eigenvalue weighted by Crippen LogP contribution is 2.37. The maximum Gasteiger partial charge on any atom is 0.0913 e. The Balaban J connectivity index is 2.40. The van der Waals surface area contributed by atoms with E-state index in [1.165, 1.54) is 24.1 Å². The third-order valence-electron chi connectivity index (χ3n) is 3.53. The Morgan fingerprint density at radius 1 is 1.17 bits per heavy atom. The molecule has 0 bridgehead atoms. The lowest BCUT2D eigenvalue weighted by atomic mass is 9.93. The largest absolute Gasteiger partial charge is 0.387 e. The maximum atomic E-state index is 6.26. The van der Waals surface area contributed by atoms with E-state index in [2.05, 4.69) is 5.32 Å². The van der Waals surface area contributed by atoms with Gasteiger partial charge in [0.1, 0.15) is 0 Å². The first-order valence-electron chi connectivity index (χ1n) is 6.19. The van der Waals surface area contributed by atoms with Gasteiger partial charge in [-0.05, 0) is 43.4 Å². The van der Waals surface area contributed by atoms with Crippen molar-refractivity contribution in [2.24, 2.45) is 0 Å². The van der Waals surface area contributed by atoms with Gasteiger partial charge in [0.05, 0.1) is 10.5 Å². The van der Waals surface area contributed by atoms with Crippen LogP contribution in [0.3, 0.4) is 0 Å². The van der Waals surface area contributed by atoms with E-state index in [0.29, 0.717) is 10.0 Å². The number of hydrogen-bond donors (Lipinski definition) is 1. The van der Waals surface area contributed by atoms with Gasteiger partial charge in [0.2, 0.25) is 0 Å². The third kappa shape index (κ3) is 1.84. The van der Waals surface area contributed by atoms with Crippen molar-refractivity contribution in [1.82, 2.24) is 4.98 Å². The summed E-state index contributed by atoms with van der Waals surface area (Å²) in [4.78, 5) is 4.73. The van der Waals surface area contributed by atoms with Crippen LogP contribution in [-0.2, 0) is 12.8 Å². The maximum absolute atomic E-state index is 6.26. The summed E-state index contributed by atoms with van der Waals surface area (Å²) in [6.45, 7) is 0. The quantitative estimate of drug-likeness (QED) is 0.834. The number of hydrogen-bond acceptors (Lipinski definition) is 2. The Morgan fingerprint density at radius 3 is 2.72 bits per heavy atom. The zero-order valence-electron chi connectivity index (χ0n) is 10.2. The average molecular weight is 281 g/mol. The van der Waals surface area contributed by atoms with E-state index in [9.17, 15) is 0 Å². The van der Waals surface area contributed by atoms with Crippen LogP contribution in [0.25, 0.3) is 10.9 Å². The molecule has 0 saturated carbocycles. The molecule has 1 aliphatic carbocycles. The van der Waals surface area contributed by atoms with Crippen LogP contribution in [0.2, 0.25) is 10.0 Å². The van der Waals surface area contributed by atoms with Gasteiger partial charge in [-0.25, -0.2) is 0 Å². The minimum atomic E-state index is 0.627. The molecule has 4 heteroatoms. The smallest absolute Gasteiger partial charge is 0.0913 e. The highest BCUT2D eigenvalue weighted by atomic mass is 35.5. The topological polar surface area (TPSA) is 24.9 Å². The van der Waals surface area contributed by atoms with E-state index >= 15 is 0 Å². The molecule has 1 heterocycles. The fraction of sp³-hybridized carbons (Fsp3) is 0.357. The van der Waals surface area contributed by atoms with Gasteiger partial charge in [-0.1, -0.05) is 23.2 Å². The second-order valence-corrected chi connectivity index (χ2v) is 5.50. The van der Waals surface area contributed by atoms with Crippen molar-refractivity contribution in [1.29, 1.82) is 0 Å². The molecule has 0 radical (unpaired) electrons. The average Bonchev–Trinajstić information content (AvgIpc) is 2.36. The Bertz CT molecular complexity index is 623. The number of aryl methyl sites for hydroxylation is 1. The summed E-state index contributed by atoms with van der Waals surface area (Å²) in [6, 6.07) is 3.70. The van der Waals surface area contributed by atoms with Gasteiger partial charge in [-0.15, -0.1) is 0 Å². The van der Waals surface area contributed by atoms with Gasteiger partial charge < -0.3 is 5.32 Å². The van der Waals surface area contributed by atoms with Crippen molar-refractivity contribution >= 4 is 39.8 Å². The highest BCUT2D eigenvalue weighted by Gasteiger charge is 2.18. The number of pyridine rings is 1. The van der Waals surface area contributed by atoms with Crippen LogP contribution in [0.1, 0.15) is 24.1 Å². The lowest BCUT2D eigenvalue weighted by Crippen LogP contribution is -2.09. The third-order valence-corrected chi connectivity index (χ3v) is 4.04. The van der Waals surface area contributed by atoms with Crippen LogP contribution >= 0.6 is 23.2 Å². The van der Waals surface area contributed by atoms with Gasteiger partial charge in [-0.3, -0.25) is 4.98 Å². The Kier molecular flexibility index (Phi) is 3.08. The lowest BCUT2D eigenvalue weighted by Gasteiger charge is -2.21. The number of anilines is 1. The molecule has 1 aromatic heterocycles. The fourth-order valence-electron chi connectivity index (χ4n) is 2.74. The van der Waals surface area contributed by atoms with E-state index < -0.39 is 0 Å². The Labute approximate surface area is 116 Å². The molecule has 0 fully saturated rings. The SMILES string of the molecule is CNc1c2c(nc3c(Cl)cc(Cl)cc13)CCCC2. The summed E-state index contributed by atoms with van der Waals surface area (Å²) >= 11 is 12.4. The van der Waals surface area contributed by atoms with Crippen LogP contribution < -0.4 is 5.32 Å². The standard InChI is InChI=1S/C14H14Cl2N2/c1-17-13-9-4-2-3-5-12(9)18-14-10(13)6-8(15)7-11(14)16/h6-7H,2-5H2,1H3,(H,17,18). The molecular weight excluding hydrogens is 267 g/mol. The predicted molar refractivity (Wildman–Crippen MR) is 78.0 cm³/mol. The zero-order valence-corrected chi connectivity index (χ0v) is 11.7. The second kappa shape index (κ2) is 4.60. The van der Waals surface area contributed by atoms with E-state index in [-0.39, 0.29) is 0 Å². The summed E-state index contributed by atoms with van der Waals surface area (Å²) < 4.78 is 0. The molecular formula is C14H14Cl2N2. The van der Waals surface area contributed by atoms with Crippen LogP contribution in [0.5, 0.6) is 0 Å². The van der Waals surface area contributed by atoms with Crippen LogP contribution in [0, 0.1) is 0 Å². The van der Waals surface area contributed by atoms with Gasteiger partial charge in [0.25, 0.3) is 0 Å². The number of benzene rings is 1. The minimum Gasteiger partial charge on any atom is -0.387 e. The molecule has 0 aliphatic heterocycles. The summed E-state index contributed by atoms with van der Waals surface area (Å²) in [5.41, 5.74) is 4.50. The number of nitrogens with one attached hydrogen (secondary N) is 1. The fourth-order valence-corrected chi connectivity index (χ4v) is 3.27. The normalized spacial score (nSPS) is 14.6. The van der Waals surface area contributed by atoms with Crippen molar-refractivity contribution < 1.29 is 0 Å². The van der Waals surface area contributed by atoms with E-state index in [0.717, 1.165) is 29.4 Å². The predicted octanol–water partition coefficient (Wildman–Crippen LogP) is 4.46. The molecule has 0 unspecified atom stereocenters. The molecule has 3 rings (SSSR count). The Morgan fingerprint density at radius 2 is 1.94 bits per heavy atom. The molecule has 0 atom stereocenters. The molecule has 94 valence electrons. The van der Waals surface area contributed by atoms with Gasteiger partial charge in [-0.2, -0.15) is 0 Å². The van der Waals surface area contributed by atoms with Gasteiger partial charge in [0.15, 0.2) is 0 Å². The summed E-state index contributed by atoms with van der Waals surface area (Å²) in [7, 11) is 1.94. The van der Waals surface area contributed by atoms with Crippen molar-refractivity contribution in [2.45, 2.75) is 25.7 Å². The summed E-state index contributed by atoms with van der Waals surface area (Å²) in [6.07, 6.45) is 4.56. The molecule has 0 amide bonds. The number of fused-ring (bicyclic) bond motifs is 2. The molecule has 18 heavy (non-hydrogen) atoms. The van der Waals surface area contributed by atoms with Crippen molar-refractivity contribution in [3.8, 4) is 0 Å². The van der Waals surface area contributed by atoms with Crippen molar-refractivity contribution in [2.75, 3.05) is 12.4 Å². The van der Waals surface area contributed by atoms with Crippen molar-refractivity contribution in [3.05, 3.63) is 33.4 Å². The monoisotopic (exact) mass is 280 g/mol. The molecule has 1 N–H and O–H groups in total. The summed E-state index contributed by atoms with van der Waals surface area (Å²) in [5, 5.41) is 5.60. The number of aromatic nitrogens is 1. The first kappa shape index (κ1) is 12.1. The highest BCUT2D eigenvalue weighted by molar-refractivity contribution is 6.38. The minimum absolute atomic E-state index is 0.627. The van der Waals surface area contributed by atoms with Crippen LogP contribution in [0.15, 0.2) is 12.1 Å². The Hall–Kier alpha value is -0.990. The lowest BCUT2D eigenvalue weighted by molar-refractivity contribution is 0.672. The zero-order chi connectivity index (χ0) is 12.7. The van der Waals surface area contributed by atoms with E-state index in [4.69, 9.17) is 28.2 Å². The van der Waals surface area contributed by atoms with E-state index in [1.54, 1.807) is 6.07 Å². The van der Waals surface area contributed by atoms with Gasteiger partial charge in [0, 0.05) is 28.8 Å². The first-order valence-corrected chi connectivity index (χ1v) is 6.94. The summed E-state index contributed by atoms with van der Waals surface area (Å²) in [5.74, 6) is 0. The molecule has 1 aromatic carbocycles. The number of rotatable bonds is 1.